The highest BCUT2D eigenvalue weighted by atomic mass is 16.5. The number of ether oxygens (including phenoxy) is 1. The summed E-state index contributed by atoms with van der Waals surface area (Å²) < 4.78 is 9.52. The van der Waals surface area contributed by atoms with Crippen LogP contribution in [0.3, 0.4) is 0 Å². The smallest absolute Gasteiger partial charge is 0.146 e. The average Bonchev–Trinajstić information content (AvgIpc) is 3.91. The highest BCUT2D eigenvalue weighted by molar-refractivity contribution is 6.28. The molecule has 0 radical (unpaired) electrons. The minimum absolute atomic E-state index is 0.0320. The summed E-state index contributed by atoms with van der Waals surface area (Å²) in [5.74, 6) is 2.41. The Kier molecular flexibility index (Phi) is 9.22. The van der Waals surface area contributed by atoms with Crippen LogP contribution < -0.4 is 14.5 Å². The van der Waals surface area contributed by atoms with Crippen LogP contribution in [-0.2, 0) is 5.41 Å². The molecular formula is C64H50N4O. The third kappa shape index (κ3) is 6.56. The molecule has 1 aliphatic heterocycles. The lowest BCUT2D eigenvalue weighted by Crippen LogP contribution is -2.26. The van der Waals surface area contributed by atoms with Crippen molar-refractivity contribution in [2.24, 2.45) is 0 Å². The fraction of sp³-hybridized carbons (Fsp3) is 0.109. The third-order valence-electron chi connectivity index (χ3n) is 14.4. The number of nitrogens with zero attached hydrogens (tertiary/aromatic N) is 4. The highest BCUT2D eigenvalue weighted by Crippen LogP contribution is 2.49. The summed E-state index contributed by atoms with van der Waals surface area (Å²) in [6.07, 6.45) is 0. The Morgan fingerprint density at radius 3 is 1.83 bits per heavy atom. The van der Waals surface area contributed by atoms with E-state index in [0.717, 1.165) is 67.0 Å². The molecule has 3 heterocycles. The van der Waals surface area contributed by atoms with Crippen LogP contribution in [0.15, 0.2) is 200 Å². The lowest BCUT2D eigenvalue weighted by Gasteiger charge is -2.29. The molecular weight excluding hydrogens is 841 g/mol. The molecule has 0 atom stereocenters. The van der Waals surface area contributed by atoms with Crippen LogP contribution in [0.2, 0.25) is 0 Å². The van der Waals surface area contributed by atoms with Crippen LogP contribution in [0.5, 0.6) is 11.5 Å². The second kappa shape index (κ2) is 15.6. The largest absolute Gasteiger partial charge is 0.457 e. The molecule has 13 rings (SSSR count). The molecule has 5 nitrogen and oxygen atoms in total. The maximum absolute atomic E-state index is 7.17. The van der Waals surface area contributed by atoms with E-state index >= 15 is 0 Å². The molecule has 0 fully saturated rings. The molecule has 1 aliphatic rings. The number of aryl methyl sites for hydroxylation is 2. The Morgan fingerprint density at radius 1 is 0.464 bits per heavy atom. The van der Waals surface area contributed by atoms with Gasteiger partial charge in [-0.1, -0.05) is 148 Å². The van der Waals surface area contributed by atoms with Crippen LogP contribution in [0.4, 0.5) is 22.7 Å². The molecule has 0 spiro atoms. The molecule has 5 heteroatoms. The zero-order valence-electron chi connectivity index (χ0n) is 39.5. The highest BCUT2D eigenvalue weighted by Gasteiger charge is 2.32. The zero-order valence-corrected chi connectivity index (χ0v) is 39.5. The Hall–Kier alpha value is -8.41. The van der Waals surface area contributed by atoms with Crippen molar-refractivity contribution in [1.29, 1.82) is 0 Å². The van der Waals surface area contributed by atoms with Crippen molar-refractivity contribution in [2.75, 3.05) is 16.5 Å². The van der Waals surface area contributed by atoms with Crippen LogP contribution in [0.25, 0.3) is 82.0 Å². The summed E-state index contributed by atoms with van der Waals surface area (Å²) in [6.45, 7) is 12.0. The maximum atomic E-state index is 7.17. The Balaban J connectivity index is 0.997. The standard InChI is InChI=1S/C64H50N4O/c1-40-17-16-18-41(2)60(40)44-35-45(66-39-67(58-28-15-14-27-57(58)66)56-26-13-11-24-53(56)64(3,4)5)37-47(36-44)69-46-31-33-51-50-23-10-12-25-55(50)68(59(51)38-46)63-52-32-29-42-19-6-8-21-48(42)61(52)62-49-22-9-7-20-43(49)30-34-54(62)65-63/h6-38H,39H2,1-5H3. The Morgan fingerprint density at radius 2 is 1.07 bits per heavy atom. The van der Waals surface area contributed by atoms with Gasteiger partial charge in [0.05, 0.1) is 27.9 Å². The van der Waals surface area contributed by atoms with E-state index in [1.165, 1.54) is 65.9 Å². The molecule has 10 aromatic carbocycles. The minimum Gasteiger partial charge on any atom is -0.457 e. The molecule has 0 saturated heterocycles. The summed E-state index contributed by atoms with van der Waals surface area (Å²) in [6, 6.07) is 72.4. The van der Waals surface area contributed by atoms with E-state index in [-0.39, 0.29) is 5.41 Å². The normalized spacial score (nSPS) is 12.9. The number of rotatable bonds is 6. The van der Waals surface area contributed by atoms with Gasteiger partial charge in [-0.15, -0.1) is 0 Å². The lowest BCUT2D eigenvalue weighted by atomic mass is 9.85. The van der Waals surface area contributed by atoms with E-state index in [0.29, 0.717) is 6.67 Å². The van der Waals surface area contributed by atoms with Crippen molar-refractivity contribution in [3.8, 4) is 28.4 Å². The summed E-state index contributed by atoms with van der Waals surface area (Å²) in [7, 11) is 0. The molecule has 0 unspecified atom stereocenters. The number of benzene rings is 10. The fourth-order valence-electron chi connectivity index (χ4n) is 11.3. The topological polar surface area (TPSA) is 33.5 Å². The number of aromatic nitrogens is 2. The molecule has 0 N–H and O–H groups in total. The predicted octanol–water partition coefficient (Wildman–Crippen LogP) is 17.4. The first-order valence-corrected chi connectivity index (χ1v) is 24.0. The maximum Gasteiger partial charge on any atom is 0.146 e. The molecule has 332 valence electrons. The van der Waals surface area contributed by atoms with Crippen molar-refractivity contribution >= 4 is 87.8 Å². The summed E-state index contributed by atoms with van der Waals surface area (Å²) in [5, 5.41) is 10.6. The molecule has 12 aromatic rings. The first kappa shape index (κ1) is 40.8. The van der Waals surface area contributed by atoms with Gasteiger partial charge in [-0.05, 0) is 129 Å². The van der Waals surface area contributed by atoms with E-state index in [9.17, 15) is 0 Å². The van der Waals surface area contributed by atoms with Crippen LogP contribution in [0, 0.1) is 13.8 Å². The van der Waals surface area contributed by atoms with Crippen molar-refractivity contribution in [1.82, 2.24) is 9.55 Å². The van der Waals surface area contributed by atoms with E-state index in [4.69, 9.17) is 9.72 Å². The van der Waals surface area contributed by atoms with Crippen molar-refractivity contribution < 1.29 is 4.74 Å². The van der Waals surface area contributed by atoms with Gasteiger partial charge < -0.3 is 14.5 Å². The number of para-hydroxylation sites is 4. The number of pyridine rings is 1. The van der Waals surface area contributed by atoms with Crippen molar-refractivity contribution in [2.45, 2.75) is 40.0 Å². The van der Waals surface area contributed by atoms with Gasteiger partial charge in [0.1, 0.15) is 24.0 Å². The van der Waals surface area contributed by atoms with Gasteiger partial charge in [-0.2, -0.15) is 0 Å². The molecule has 69 heavy (non-hydrogen) atoms. The van der Waals surface area contributed by atoms with Gasteiger partial charge in [0.25, 0.3) is 0 Å². The predicted molar refractivity (Wildman–Crippen MR) is 291 cm³/mol. The molecule has 2 aromatic heterocycles. The Bertz CT molecular complexity index is 4040. The van der Waals surface area contributed by atoms with Crippen molar-refractivity contribution in [3.05, 3.63) is 217 Å². The zero-order chi connectivity index (χ0) is 46.5. The van der Waals surface area contributed by atoms with E-state index in [1.807, 2.05) is 0 Å². The summed E-state index contributed by atoms with van der Waals surface area (Å²) in [5.41, 5.74) is 13.8. The van der Waals surface area contributed by atoms with E-state index in [1.54, 1.807) is 0 Å². The van der Waals surface area contributed by atoms with E-state index < -0.39 is 0 Å². The SMILES string of the molecule is Cc1cccc(C)c1-c1cc(Oc2ccc3c4ccccc4n(-c4nc5ccc6ccccc6c5c5c4ccc4ccccc45)c3c2)cc(N2CN(c3ccccc3C(C)(C)C)c3ccccc32)c1. The number of anilines is 4. The van der Waals surface area contributed by atoms with Gasteiger partial charge in [0.2, 0.25) is 0 Å². The minimum atomic E-state index is -0.0320. The van der Waals surface area contributed by atoms with Gasteiger partial charge in [0.15, 0.2) is 0 Å². The summed E-state index contributed by atoms with van der Waals surface area (Å²) in [4.78, 5) is 10.5. The Labute approximate surface area is 402 Å². The fourth-order valence-corrected chi connectivity index (χ4v) is 11.3. The quantitative estimate of drug-likeness (QED) is 0.156. The first-order valence-electron chi connectivity index (χ1n) is 24.0. The molecule has 0 amide bonds. The van der Waals surface area contributed by atoms with Gasteiger partial charge in [-0.3, -0.25) is 4.57 Å². The van der Waals surface area contributed by atoms with Crippen LogP contribution in [-0.4, -0.2) is 16.2 Å². The molecule has 0 bridgehead atoms. The second-order valence-electron chi connectivity index (χ2n) is 19.7. The molecule has 0 saturated carbocycles. The lowest BCUT2D eigenvalue weighted by molar-refractivity contribution is 0.483. The first-order chi connectivity index (χ1) is 33.7. The number of fused-ring (bicyclic) bond motifs is 11. The second-order valence-corrected chi connectivity index (χ2v) is 19.7. The van der Waals surface area contributed by atoms with Crippen LogP contribution >= 0.6 is 0 Å². The van der Waals surface area contributed by atoms with Crippen molar-refractivity contribution in [3.63, 3.8) is 0 Å². The van der Waals surface area contributed by atoms with Gasteiger partial charge >= 0.3 is 0 Å². The summed E-state index contributed by atoms with van der Waals surface area (Å²) >= 11 is 0. The van der Waals surface area contributed by atoms with E-state index in [2.05, 4.69) is 249 Å². The van der Waals surface area contributed by atoms with Crippen LogP contribution in [0.1, 0.15) is 37.5 Å². The average molecular weight is 891 g/mol. The monoisotopic (exact) mass is 890 g/mol. The molecule has 0 aliphatic carbocycles. The number of hydrogen-bond donors (Lipinski definition) is 0. The van der Waals surface area contributed by atoms with Gasteiger partial charge in [-0.25, -0.2) is 4.98 Å². The number of hydrogen-bond acceptors (Lipinski definition) is 4. The third-order valence-corrected chi connectivity index (χ3v) is 14.4. The van der Waals surface area contributed by atoms with Gasteiger partial charge in [0, 0.05) is 50.4 Å².